The van der Waals surface area contributed by atoms with Crippen molar-refractivity contribution >= 4 is 23.1 Å². The largest absolute Gasteiger partial charge is 0.399 e. The lowest BCUT2D eigenvalue weighted by Gasteiger charge is -2.09. The van der Waals surface area contributed by atoms with Gasteiger partial charge in [-0.15, -0.1) is 0 Å². The fourth-order valence-electron chi connectivity index (χ4n) is 1.15. The molecule has 5 heteroatoms. The van der Waals surface area contributed by atoms with E-state index in [9.17, 15) is 13.6 Å². The minimum atomic E-state index is -2.78. The highest BCUT2D eigenvalue weighted by molar-refractivity contribution is 6.32. The van der Waals surface area contributed by atoms with E-state index in [1.807, 2.05) is 0 Å². The monoisotopic (exact) mass is 219 g/mol. The molecule has 0 aliphatic heterocycles. The molecule has 2 N–H and O–H groups in total. The summed E-state index contributed by atoms with van der Waals surface area (Å²) >= 11 is 5.56. The quantitative estimate of drug-likeness (QED) is 0.614. The lowest BCUT2D eigenvalue weighted by molar-refractivity contribution is 0.0999. The number of halogens is 3. The van der Waals surface area contributed by atoms with Crippen LogP contribution in [-0.2, 0) is 0 Å². The van der Waals surface area contributed by atoms with Gasteiger partial charge in [-0.05, 0) is 19.1 Å². The molecule has 2 nitrogen and oxygen atoms in total. The SMILES string of the molecule is CC(=O)c1cc(N)cc(Cl)c1C(F)F. The Bertz CT molecular complexity index is 379. The molecule has 0 aliphatic rings. The van der Waals surface area contributed by atoms with Gasteiger partial charge >= 0.3 is 0 Å². The molecule has 1 rings (SSSR count). The fraction of sp³-hybridized carbons (Fsp3) is 0.222. The van der Waals surface area contributed by atoms with Crippen molar-refractivity contribution in [1.82, 2.24) is 0 Å². The number of hydrogen-bond acceptors (Lipinski definition) is 2. The summed E-state index contributed by atoms with van der Waals surface area (Å²) in [5, 5.41) is -0.176. The van der Waals surface area contributed by atoms with Crippen LogP contribution in [-0.4, -0.2) is 5.78 Å². The Labute approximate surface area is 84.7 Å². The first kappa shape index (κ1) is 10.9. The molecule has 14 heavy (non-hydrogen) atoms. The van der Waals surface area contributed by atoms with Gasteiger partial charge in [0, 0.05) is 16.8 Å². The molecule has 1 aromatic carbocycles. The van der Waals surface area contributed by atoms with E-state index in [1.165, 1.54) is 19.1 Å². The first-order valence-electron chi connectivity index (χ1n) is 3.81. The average Bonchev–Trinajstić information content (AvgIpc) is 2.01. The van der Waals surface area contributed by atoms with Crippen molar-refractivity contribution in [1.29, 1.82) is 0 Å². The Kier molecular flexibility index (Phi) is 3.06. The minimum absolute atomic E-state index is 0.120. The van der Waals surface area contributed by atoms with Gasteiger partial charge in [0.1, 0.15) is 0 Å². The van der Waals surface area contributed by atoms with E-state index >= 15 is 0 Å². The van der Waals surface area contributed by atoms with Gasteiger partial charge in [-0.1, -0.05) is 11.6 Å². The Morgan fingerprint density at radius 1 is 1.50 bits per heavy atom. The molecule has 0 saturated carbocycles. The maximum absolute atomic E-state index is 12.5. The number of alkyl halides is 2. The standard InChI is InChI=1S/C9H8ClF2NO/c1-4(14)6-2-5(13)3-7(10)8(6)9(11)12/h2-3,9H,13H2,1H3. The van der Waals surface area contributed by atoms with E-state index in [0.29, 0.717) is 0 Å². The van der Waals surface area contributed by atoms with Crippen LogP contribution >= 0.6 is 11.6 Å². The molecule has 0 atom stereocenters. The molecular weight excluding hydrogens is 212 g/mol. The second-order valence-corrected chi connectivity index (χ2v) is 3.23. The van der Waals surface area contributed by atoms with Crippen LogP contribution in [0.1, 0.15) is 29.3 Å². The lowest BCUT2D eigenvalue weighted by Crippen LogP contribution is -2.03. The Morgan fingerprint density at radius 2 is 2.07 bits per heavy atom. The van der Waals surface area contributed by atoms with Gasteiger partial charge in [0.15, 0.2) is 5.78 Å². The number of carbonyl (C=O) groups excluding carboxylic acids is 1. The van der Waals surface area contributed by atoms with Crippen LogP contribution in [0.3, 0.4) is 0 Å². The van der Waals surface area contributed by atoms with Crippen LogP contribution in [0.25, 0.3) is 0 Å². The van der Waals surface area contributed by atoms with E-state index < -0.39 is 17.8 Å². The van der Waals surface area contributed by atoms with Crippen molar-refractivity contribution in [3.05, 3.63) is 28.3 Å². The molecule has 0 aromatic heterocycles. The summed E-state index contributed by atoms with van der Waals surface area (Å²) in [4.78, 5) is 11.0. The van der Waals surface area contributed by atoms with Crippen molar-refractivity contribution in [2.75, 3.05) is 5.73 Å². The summed E-state index contributed by atoms with van der Waals surface area (Å²) in [7, 11) is 0. The summed E-state index contributed by atoms with van der Waals surface area (Å²) < 4.78 is 25.0. The molecule has 0 spiro atoms. The zero-order chi connectivity index (χ0) is 10.9. The van der Waals surface area contributed by atoms with Crippen LogP contribution in [0.5, 0.6) is 0 Å². The normalized spacial score (nSPS) is 10.6. The van der Waals surface area contributed by atoms with Crippen molar-refractivity contribution in [3.63, 3.8) is 0 Å². The summed E-state index contributed by atoms with van der Waals surface area (Å²) in [6, 6.07) is 2.41. The number of benzene rings is 1. The topological polar surface area (TPSA) is 43.1 Å². The van der Waals surface area contributed by atoms with Crippen LogP contribution in [0, 0.1) is 0 Å². The molecule has 1 aromatic rings. The van der Waals surface area contributed by atoms with E-state index in [2.05, 4.69) is 0 Å². The lowest BCUT2D eigenvalue weighted by atomic mass is 10.0. The number of nitrogen functional groups attached to an aromatic ring is 1. The molecule has 0 aliphatic carbocycles. The van der Waals surface area contributed by atoms with Crippen LogP contribution in [0.4, 0.5) is 14.5 Å². The van der Waals surface area contributed by atoms with E-state index in [4.69, 9.17) is 17.3 Å². The number of Topliss-reactive ketones (excluding diaryl/α,β-unsaturated/α-hetero) is 1. The zero-order valence-electron chi connectivity index (χ0n) is 7.35. The van der Waals surface area contributed by atoms with Gasteiger partial charge in [-0.25, -0.2) is 8.78 Å². The average molecular weight is 220 g/mol. The first-order valence-corrected chi connectivity index (χ1v) is 4.19. The maximum Gasteiger partial charge on any atom is 0.265 e. The Hall–Kier alpha value is -1.16. The molecule has 0 amide bonds. The van der Waals surface area contributed by atoms with Crippen molar-refractivity contribution in [3.8, 4) is 0 Å². The van der Waals surface area contributed by atoms with Crippen molar-refractivity contribution in [2.45, 2.75) is 13.3 Å². The summed E-state index contributed by atoms with van der Waals surface area (Å²) in [5.41, 5.74) is 5.01. The van der Waals surface area contributed by atoms with E-state index in [1.54, 1.807) is 0 Å². The predicted octanol–water partition coefficient (Wildman–Crippen LogP) is 3.06. The number of anilines is 1. The highest BCUT2D eigenvalue weighted by Crippen LogP contribution is 2.32. The second kappa shape index (κ2) is 3.92. The summed E-state index contributed by atoms with van der Waals surface area (Å²) in [6.07, 6.45) is -2.78. The predicted molar refractivity (Wildman–Crippen MR) is 50.8 cm³/mol. The van der Waals surface area contributed by atoms with Gasteiger partial charge in [0.25, 0.3) is 6.43 Å². The number of rotatable bonds is 2. The maximum atomic E-state index is 12.5. The molecule has 0 radical (unpaired) electrons. The van der Waals surface area contributed by atoms with Gasteiger partial charge < -0.3 is 5.73 Å². The summed E-state index contributed by atoms with van der Waals surface area (Å²) in [5.74, 6) is -0.477. The third kappa shape index (κ3) is 2.01. The minimum Gasteiger partial charge on any atom is -0.399 e. The number of hydrogen-bond donors (Lipinski definition) is 1. The van der Waals surface area contributed by atoms with Gasteiger partial charge in [-0.2, -0.15) is 0 Å². The summed E-state index contributed by atoms with van der Waals surface area (Å²) in [6.45, 7) is 1.19. The van der Waals surface area contributed by atoms with Crippen molar-refractivity contribution in [2.24, 2.45) is 0 Å². The second-order valence-electron chi connectivity index (χ2n) is 2.82. The zero-order valence-corrected chi connectivity index (χ0v) is 8.11. The van der Waals surface area contributed by atoms with Crippen molar-refractivity contribution < 1.29 is 13.6 Å². The number of ketones is 1. The van der Waals surface area contributed by atoms with Crippen LogP contribution in [0.2, 0.25) is 5.02 Å². The van der Waals surface area contributed by atoms with Gasteiger partial charge in [-0.3, -0.25) is 4.79 Å². The molecule has 76 valence electrons. The highest BCUT2D eigenvalue weighted by atomic mass is 35.5. The van der Waals surface area contributed by atoms with Gasteiger partial charge in [0.2, 0.25) is 0 Å². The molecule has 0 bridgehead atoms. The Morgan fingerprint density at radius 3 is 2.50 bits per heavy atom. The highest BCUT2D eigenvalue weighted by Gasteiger charge is 2.20. The van der Waals surface area contributed by atoms with E-state index in [-0.39, 0.29) is 16.3 Å². The third-order valence-corrected chi connectivity index (χ3v) is 2.06. The van der Waals surface area contributed by atoms with Gasteiger partial charge in [0.05, 0.1) is 5.02 Å². The Balaban J connectivity index is 3.44. The van der Waals surface area contributed by atoms with Crippen LogP contribution < -0.4 is 5.73 Å². The first-order chi connectivity index (χ1) is 6.43. The molecule has 0 heterocycles. The third-order valence-electron chi connectivity index (χ3n) is 1.75. The smallest absolute Gasteiger partial charge is 0.265 e. The molecule has 0 unspecified atom stereocenters. The fourth-order valence-corrected chi connectivity index (χ4v) is 1.46. The van der Waals surface area contributed by atoms with Crippen LogP contribution in [0.15, 0.2) is 12.1 Å². The number of nitrogens with two attached hydrogens (primary N) is 1. The van der Waals surface area contributed by atoms with E-state index in [0.717, 1.165) is 0 Å². The molecular formula is C9H8ClF2NO. The number of carbonyl (C=O) groups is 1. The molecule has 0 saturated heterocycles. The molecule has 0 fully saturated rings.